The van der Waals surface area contributed by atoms with E-state index in [1.807, 2.05) is 31.2 Å². The van der Waals surface area contributed by atoms with Crippen molar-refractivity contribution in [2.24, 2.45) is 0 Å². The van der Waals surface area contributed by atoms with Crippen LogP contribution < -0.4 is 0 Å². The fraction of sp³-hybridized carbons (Fsp3) is 0.273. The monoisotopic (exact) mass is 367 g/mol. The van der Waals surface area contributed by atoms with Crippen molar-refractivity contribution in [1.82, 2.24) is 4.31 Å². The molecule has 3 nitrogen and oxygen atoms in total. The molecule has 2 aromatic carbocycles. The summed E-state index contributed by atoms with van der Waals surface area (Å²) in [6.07, 6.45) is 6.12. The van der Waals surface area contributed by atoms with Crippen molar-refractivity contribution in [2.45, 2.75) is 32.6 Å². The molecule has 0 N–H and O–H groups in total. The maximum Gasteiger partial charge on any atom is 0.243 e. The lowest BCUT2D eigenvalue weighted by Crippen LogP contribution is -2.29. The molecule has 0 spiro atoms. The molecule has 26 heavy (non-hydrogen) atoms. The third kappa shape index (κ3) is 3.81. The van der Waals surface area contributed by atoms with Crippen LogP contribution in [-0.4, -0.2) is 25.8 Å². The molecule has 0 saturated carbocycles. The Balaban J connectivity index is 1.75. The molecule has 0 atom stereocenters. The van der Waals surface area contributed by atoms with Crippen molar-refractivity contribution >= 4 is 16.1 Å². The molecule has 0 aliphatic carbocycles. The Morgan fingerprint density at radius 3 is 2.12 bits per heavy atom. The molecule has 0 amide bonds. The molecule has 1 heterocycles. The van der Waals surface area contributed by atoms with Gasteiger partial charge in [-0.05, 0) is 62.1 Å². The van der Waals surface area contributed by atoms with Crippen LogP contribution >= 0.6 is 0 Å². The number of benzene rings is 2. The van der Waals surface area contributed by atoms with Gasteiger partial charge in [0.05, 0.1) is 4.90 Å². The van der Waals surface area contributed by atoms with Gasteiger partial charge in [-0.3, -0.25) is 0 Å². The second-order valence-electron chi connectivity index (χ2n) is 7.04. The van der Waals surface area contributed by atoms with Gasteiger partial charge in [-0.25, -0.2) is 8.42 Å². The summed E-state index contributed by atoms with van der Waals surface area (Å²) in [5, 5.41) is 0. The maximum absolute atomic E-state index is 12.8. The van der Waals surface area contributed by atoms with E-state index in [-0.39, 0.29) is 0 Å². The summed E-state index contributed by atoms with van der Waals surface area (Å²) >= 11 is 0. The molecular weight excluding hydrogens is 342 g/mol. The van der Waals surface area contributed by atoms with Crippen LogP contribution in [0, 0.1) is 27.7 Å². The fourth-order valence-corrected chi connectivity index (χ4v) is 4.73. The van der Waals surface area contributed by atoms with Crippen LogP contribution in [0.1, 0.15) is 27.8 Å². The van der Waals surface area contributed by atoms with E-state index in [1.54, 1.807) is 12.1 Å². The van der Waals surface area contributed by atoms with Gasteiger partial charge in [0.1, 0.15) is 0 Å². The standard InChI is InChI=1S/C22H25NO2S/c1-16-5-8-21(9-6-16)26(24,25)23-12-11-20(15-23)7-10-22-18(3)13-17(2)14-19(22)4/h5-11,13-14H,12,15H2,1-4H3/b10-7+. The number of rotatable bonds is 4. The van der Waals surface area contributed by atoms with Crippen LogP contribution in [0.5, 0.6) is 0 Å². The van der Waals surface area contributed by atoms with Gasteiger partial charge in [-0.1, -0.05) is 53.6 Å². The third-order valence-electron chi connectivity index (χ3n) is 4.78. The molecule has 0 radical (unpaired) electrons. The van der Waals surface area contributed by atoms with E-state index >= 15 is 0 Å². The molecule has 0 fully saturated rings. The number of hydrogen-bond donors (Lipinski definition) is 0. The minimum atomic E-state index is -3.45. The van der Waals surface area contributed by atoms with Crippen molar-refractivity contribution in [3.63, 3.8) is 0 Å². The molecule has 2 aromatic rings. The first kappa shape index (κ1) is 18.6. The molecule has 1 aliphatic heterocycles. The van der Waals surface area contributed by atoms with Gasteiger partial charge in [0.15, 0.2) is 0 Å². The van der Waals surface area contributed by atoms with E-state index < -0.39 is 10.0 Å². The highest BCUT2D eigenvalue weighted by molar-refractivity contribution is 7.89. The van der Waals surface area contributed by atoms with E-state index in [4.69, 9.17) is 0 Å². The van der Waals surface area contributed by atoms with E-state index in [1.165, 1.54) is 26.6 Å². The first-order chi connectivity index (χ1) is 12.3. The predicted molar refractivity (Wildman–Crippen MR) is 108 cm³/mol. The van der Waals surface area contributed by atoms with Gasteiger partial charge in [-0.15, -0.1) is 0 Å². The van der Waals surface area contributed by atoms with Gasteiger partial charge in [0, 0.05) is 13.1 Å². The molecule has 0 saturated heterocycles. The van der Waals surface area contributed by atoms with Crippen molar-refractivity contribution in [3.05, 3.63) is 81.9 Å². The summed E-state index contributed by atoms with van der Waals surface area (Å²) in [5.41, 5.74) is 7.02. The normalized spacial score (nSPS) is 15.6. The smallest absolute Gasteiger partial charge is 0.207 e. The summed E-state index contributed by atoms with van der Waals surface area (Å²) in [5.74, 6) is 0. The Labute approximate surface area is 156 Å². The van der Waals surface area contributed by atoms with Crippen molar-refractivity contribution < 1.29 is 8.42 Å². The Morgan fingerprint density at radius 2 is 1.50 bits per heavy atom. The molecule has 136 valence electrons. The zero-order chi connectivity index (χ0) is 18.9. The fourth-order valence-electron chi connectivity index (χ4n) is 3.36. The van der Waals surface area contributed by atoms with E-state index in [0.29, 0.717) is 18.0 Å². The zero-order valence-corrected chi connectivity index (χ0v) is 16.6. The van der Waals surface area contributed by atoms with Gasteiger partial charge < -0.3 is 0 Å². The van der Waals surface area contributed by atoms with E-state index in [0.717, 1.165) is 11.1 Å². The van der Waals surface area contributed by atoms with Crippen molar-refractivity contribution in [2.75, 3.05) is 13.1 Å². The molecule has 0 bridgehead atoms. The van der Waals surface area contributed by atoms with Crippen LogP contribution in [0.15, 0.2) is 59.0 Å². The molecule has 0 aromatic heterocycles. The first-order valence-corrected chi connectivity index (χ1v) is 10.2. The van der Waals surface area contributed by atoms with E-state index in [2.05, 4.69) is 39.0 Å². The van der Waals surface area contributed by atoms with Crippen molar-refractivity contribution in [1.29, 1.82) is 0 Å². The summed E-state index contributed by atoms with van der Waals surface area (Å²) in [6, 6.07) is 11.4. The Bertz CT molecular complexity index is 960. The van der Waals surface area contributed by atoms with Crippen LogP contribution in [0.3, 0.4) is 0 Å². The highest BCUT2D eigenvalue weighted by Gasteiger charge is 2.27. The topological polar surface area (TPSA) is 37.4 Å². The number of sulfonamides is 1. The van der Waals surface area contributed by atoms with Gasteiger partial charge in [-0.2, -0.15) is 4.31 Å². The Hall–Kier alpha value is -2.17. The average Bonchev–Trinajstić information content (AvgIpc) is 3.04. The third-order valence-corrected chi connectivity index (χ3v) is 6.60. The summed E-state index contributed by atoms with van der Waals surface area (Å²) in [7, 11) is -3.45. The second-order valence-corrected chi connectivity index (χ2v) is 8.97. The average molecular weight is 368 g/mol. The largest absolute Gasteiger partial charge is 0.243 e. The summed E-state index contributed by atoms with van der Waals surface area (Å²) < 4.78 is 27.1. The maximum atomic E-state index is 12.8. The number of aryl methyl sites for hydroxylation is 4. The highest BCUT2D eigenvalue weighted by Crippen LogP contribution is 2.23. The summed E-state index contributed by atoms with van der Waals surface area (Å²) in [4.78, 5) is 0.354. The zero-order valence-electron chi connectivity index (χ0n) is 15.8. The lowest BCUT2D eigenvalue weighted by atomic mass is 9.99. The van der Waals surface area contributed by atoms with Crippen LogP contribution in [0.4, 0.5) is 0 Å². The molecule has 3 rings (SSSR count). The quantitative estimate of drug-likeness (QED) is 0.794. The molecular formula is C22H25NO2S. The van der Waals surface area contributed by atoms with Crippen LogP contribution in [0.2, 0.25) is 0 Å². The lowest BCUT2D eigenvalue weighted by molar-refractivity contribution is 0.485. The summed E-state index contributed by atoms with van der Waals surface area (Å²) in [6.45, 7) is 9.10. The predicted octanol–water partition coefficient (Wildman–Crippen LogP) is 4.56. The van der Waals surface area contributed by atoms with Crippen LogP contribution in [-0.2, 0) is 10.0 Å². The SMILES string of the molecule is Cc1ccc(S(=O)(=O)N2CC=C(/C=C/c3c(C)cc(C)cc3C)C2)cc1. The Kier molecular flexibility index (Phi) is 5.17. The van der Waals surface area contributed by atoms with E-state index in [9.17, 15) is 8.42 Å². The minimum Gasteiger partial charge on any atom is -0.207 e. The minimum absolute atomic E-state index is 0.354. The highest BCUT2D eigenvalue weighted by atomic mass is 32.2. The Morgan fingerprint density at radius 1 is 0.885 bits per heavy atom. The number of nitrogens with zero attached hydrogens (tertiary/aromatic N) is 1. The van der Waals surface area contributed by atoms with Gasteiger partial charge in [0.2, 0.25) is 10.0 Å². The molecule has 1 aliphatic rings. The second kappa shape index (κ2) is 7.22. The molecule has 4 heteroatoms. The lowest BCUT2D eigenvalue weighted by Gasteiger charge is -2.16. The van der Waals surface area contributed by atoms with Gasteiger partial charge >= 0.3 is 0 Å². The van der Waals surface area contributed by atoms with Crippen LogP contribution in [0.25, 0.3) is 6.08 Å². The number of hydrogen-bond acceptors (Lipinski definition) is 2. The first-order valence-electron chi connectivity index (χ1n) is 8.79. The van der Waals surface area contributed by atoms with Gasteiger partial charge in [0.25, 0.3) is 0 Å². The van der Waals surface area contributed by atoms with Crippen molar-refractivity contribution in [3.8, 4) is 0 Å². The molecule has 0 unspecified atom stereocenters.